The predicted molar refractivity (Wildman–Crippen MR) is 70.9 cm³/mol. The SMILES string of the molecule is CCOC=C1SC2=C(C(N)CN(C)C2)C1C(=O)O. The van der Waals surface area contributed by atoms with Gasteiger partial charge in [-0.2, -0.15) is 0 Å². The second-order valence-electron chi connectivity index (χ2n) is 4.53. The van der Waals surface area contributed by atoms with Crippen molar-refractivity contribution >= 4 is 17.7 Å². The summed E-state index contributed by atoms with van der Waals surface area (Å²) in [7, 11) is 1.99. The monoisotopic (exact) mass is 270 g/mol. The number of ether oxygens (including phenoxy) is 1. The van der Waals surface area contributed by atoms with Crippen molar-refractivity contribution in [3.63, 3.8) is 0 Å². The molecule has 6 heteroatoms. The van der Waals surface area contributed by atoms with E-state index in [0.717, 1.165) is 21.9 Å². The lowest BCUT2D eigenvalue weighted by molar-refractivity contribution is -0.139. The Balaban J connectivity index is 2.32. The first kappa shape index (κ1) is 13.5. The maximum atomic E-state index is 11.4. The van der Waals surface area contributed by atoms with Gasteiger partial charge in [0.15, 0.2) is 0 Å². The van der Waals surface area contributed by atoms with Crippen LogP contribution in [0.25, 0.3) is 0 Å². The van der Waals surface area contributed by atoms with Gasteiger partial charge in [0.1, 0.15) is 5.92 Å². The largest absolute Gasteiger partial charge is 0.501 e. The molecular formula is C12H18N2O3S. The molecule has 0 aromatic rings. The summed E-state index contributed by atoms with van der Waals surface area (Å²) in [6.07, 6.45) is 1.56. The molecule has 2 aliphatic heterocycles. The van der Waals surface area contributed by atoms with E-state index in [0.29, 0.717) is 13.2 Å². The van der Waals surface area contributed by atoms with Crippen molar-refractivity contribution in [3.05, 3.63) is 21.6 Å². The van der Waals surface area contributed by atoms with Crippen LogP contribution in [0.2, 0.25) is 0 Å². The summed E-state index contributed by atoms with van der Waals surface area (Å²) in [5.41, 5.74) is 6.94. The fraction of sp³-hybridized carbons (Fsp3) is 0.583. The molecule has 0 aromatic heterocycles. The van der Waals surface area contributed by atoms with Crippen molar-refractivity contribution in [2.75, 3.05) is 26.7 Å². The Bertz CT molecular complexity index is 420. The topological polar surface area (TPSA) is 75.8 Å². The van der Waals surface area contributed by atoms with Crippen LogP contribution in [0.4, 0.5) is 0 Å². The van der Waals surface area contributed by atoms with E-state index in [9.17, 15) is 9.90 Å². The zero-order valence-corrected chi connectivity index (χ0v) is 11.4. The first-order valence-electron chi connectivity index (χ1n) is 5.94. The third-order valence-corrected chi connectivity index (χ3v) is 4.27. The minimum absolute atomic E-state index is 0.208. The van der Waals surface area contributed by atoms with Crippen molar-refractivity contribution in [1.29, 1.82) is 0 Å². The molecule has 18 heavy (non-hydrogen) atoms. The number of hydrogen-bond donors (Lipinski definition) is 2. The maximum Gasteiger partial charge on any atom is 0.315 e. The Hall–Kier alpha value is -0.980. The molecule has 2 rings (SSSR count). The van der Waals surface area contributed by atoms with Crippen LogP contribution in [0, 0.1) is 5.92 Å². The molecule has 0 saturated heterocycles. The lowest BCUT2D eigenvalue weighted by Crippen LogP contribution is -2.43. The van der Waals surface area contributed by atoms with Gasteiger partial charge in [-0.05, 0) is 19.5 Å². The Labute approximate surface area is 111 Å². The molecule has 0 amide bonds. The second kappa shape index (κ2) is 5.34. The number of likely N-dealkylation sites (N-methyl/N-ethyl adjacent to an activating group) is 1. The van der Waals surface area contributed by atoms with Crippen molar-refractivity contribution < 1.29 is 14.6 Å². The molecule has 0 fully saturated rings. The van der Waals surface area contributed by atoms with Crippen molar-refractivity contribution in [2.45, 2.75) is 13.0 Å². The number of hydrogen-bond acceptors (Lipinski definition) is 5. The molecule has 0 spiro atoms. The lowest BCUT2D eigenvalue weighted by atomic mass is 9.90. The number of rotatable bonds is 3. The summed E-state index contributed by atoms with van der Waals surface area (Å²) in [6, 6.07) is -0.208. The summed E-state index contributed by atoms with van der Waals surface area (Å²) < 4.78 is 5.24. The van der Waals surface area contributed by atoms with Crippen LogP contribution in [0.3, 0.4) is 0 Å². The van der Waals surface area contributed by atoms with Crippen LogP contribution < -0.4 is 5.73 Å². The molecule has 2 heterocycles. The molecule has 2 atom stereocenters. The Morgan fingerprint density at radius 3 is 3.06 bits per heavy atom. The Morgan fingerprint density at radius 1 is 1.72 bits per heavy atom. The average molecular weight is 270 g/mol. The molecule has 0 radical (unpaired) electrons. The van der Waals surface area contributed by atoms with E-state index >= 15 is 0 Å². The van der Waals surface area contributed by atoms with Crippen molar-refractivity contribution in [2.24, 2.45) is 11.7 Å². The smallest absolute Gasteiger partial charge is 0.315 e. The number of aliphatic carboxylic acids is 1. The third kappa shape index (κ3) is 2.41. The van der Waals surface area contributed by atoms with E-state index in [4.69, 9.17) is 10.5 Å². The molecule has 100 valence electrons. The zero-order valence-electron chi connectivity index (χ0n) is 10.5. The van der Waals surface area contributed by atoms with E-state index in [1.165, 1.54) is 11.8 Å². The first-order chi connectivity index (χ1) is 8.54. The van der Waals surface area contributed by atoms with Gasteiger partial charge in [0.25, 0.3) is 0 Å². The number of carboxylic acids is 1. The van der Waals surface area contributed by atoms with Crippen LogP contribution in [-0.2, 0) is 9.53 Å². The number of thioether (sulfide) groups is 1. The lowest BCUT2D eigenvalue weighted by Gasteiger charge is -2.29. The molecule has 0 bridgehead atoms. The molecule has 5 nitrogen and oxygen atoms in total. The van der Waals surface area contributed by atoms with Crippen molar-refractivity contribution in [1.82, 2.24) is 4.90 Å². The highest BCUT2D eigenvalue weighted by molar-refractivity contribution is 8.07. The quantitative estimate of drug-likeness (QED) is 0.740. The van der Waals surface area contributed by atoms with E-state index in [2.05, 4.69) is 4.90 Å². The highest BCUT2D eigenvalue weighted by Crippen LogP contribution is 2.48. The van der Waals surface area contributed by atoms with Crippen LogP contribution in [-0.4, -0.2) is 48.8 Å². The third-order valence-electron chi connectivity index (χ3n) is 3.09. The Morgan fingerprint density at radius 2 is 2.44 bits per heavy atom. The van der Waals surface area contributed by atoms with Gasteiger partial charge < -0.3 is 15.6 Å². The molecule has 2 unspecified atom stereocenters. The van der Waals surface area contributed by atoms with Crippen molar-refractivity contribution in [3.8, 4) is 0 Å². The fourth-order valence-corrected chi connectivity index (χ4v) is 3.79. The van der Waals surface area contributed by atoms with Gasteiger partial charge in [0.2, 0.25) is 0 Å². The zero-order chi connectivity index (χ0) is 13.3. The van der Waals surface area contributed by atoms with E-state index in [1.807, 2.05) is 14.0 Å². The van der Waals surface area contributed by atoms with Gasteiger partial charge in [0, 0.05) is 28.9 Å². The number of carbonyl (C=O) groups is 1. The molecule has 2 aliphatic rings. The number of nitrogens with zero attached hydrogens (tertiary/aromatic N) is 1. The summed E-state index contributed by atoms with van der Waals surface area (Å²) in [6.45, 7) is 3.87. The standard InChI is InChI=1S/C12H18N2O3S/c1-3-17-6-9-11(12(15)16)10-7(13)4-14(2)5-8(10)18-9/h6-7,11H,3-5,13H2,1-2H3,(H,15,16). The Kier molecular flexibility index (Phi) is 3.99. The van der Waals surface area contributed by atoms with E-state index in [1.54, 1.807) is 6.26 Å². The highest BCUT2D eigenvalue weighted by Gasteiger charge is 2.41. The predicted octanol–water partition coefficient (Wildman–Crippen LogP) is 0.839. The molecular weight excluding hydrogens is 252 g/mol. The summed E-state index contributed by atoms with van der Waals surface area (Å²) in [5, 5.41) is 9.39. The molecule has 0 aliphatic carbocycles. The maximum absolute atomic E-state index is 11.4. The van der Waals surface area contributed by atoms with Crippen LogP contribution in [0.5, 0.6) is 0 Å². The van der Waals surface area contributed by atoms with Gasteiger partial charge in [-0.1, -0.05) is 11.8 Å². The number of carboxylic acid groups (broad SMARTS) is 1. The summed E-state index contributed by atoms with van der Waals surface area (Å²) in [5.74, 6) is -1.47. The molecule has 0 aromatic carbocycles. The first-order valence-corrected chi connectivity index (χ1v) is 6.75. The molecule has 0 saturated carbocycles. The minimum atomic E-state index is -0.849. The summed E-state index contributed by atoms with van der Waals surface area (Å²) in [4.78, 5) is 15.4. The van der Waals surface area contributed by atoms with Gasteiger partial charge in [-0.15, -0.1) is 0 Å². The second-order valence-corrected chi connectivity index (χ2v) is 5.70. The van der Waals surface area contributed by atoms with Crippen LogP contribution in [0.1, 0.15) is 6.92 Å². The van der Waals surface area contributed by atoms with Crippen LogP contribution >= 0.6 is 11.8 Å². The van der Waals surface area contributed by atoms with E-state index < -0.39 is 11.9 Å². The normalized spacial score (nSPS) is 30.7. The van der Waals surface area contributed by atoms with Gasteiger partial charge in [0.05, 0.1) is 12.9 Å². The van der Waals surface area contributed by atoms with E-state index in [-0.39, 0.29) is 6.04 Å². The average Bonchev–Trinajstić information content (AvgIpc) is 2.64. The summed E-state index contributed by atoms with van der Waals surface area (Å²) >= 11 is 1.49. The fourth-order valence-electron chi connectivity index (χ4n) is 2.37. The van der Waals surface area contributed by atoms with Gasteiger partial charge in [-0.3, -0.25) is 9.69 Å². The van der Waals surface area contributed by atoms with Gasteiger partial charge >= 0.3 is 5.97 Å². The molecule has 3 N–H and O–H groups in total. The van der Waals surface area contributed by atoms with Gasteiger partial charge in [-0.25, -0.2) is 0 Å². The highest BCUT2D eigenvalue weighted by atomic mass is 32.2. The number of nitrogens with two attached hydrogens (primary N) is 1. The van der Waals surface area contributed by atoms with Crippen LogP contribution in [0.15, 0.2) is 21.6 Å². The minimum Gasteiger partial charge on any atom is -0.501 e.